The highest BCUT2D eigenvalue weighted by Gasteiger charge is 2.48. The van der Waals surface area contributed by atoms with Crippen LogP contribution < -0.4 is 10.1 Å². The first-order chi connectivity index (χ1) is 14.3. The monoisotopic (exact) mass is 394 g/mol. The van der Waals surface area contributed by atoms with Crippen molar-refractivity contribution in [3.8, 4) is 5.75 Å². The first kappa shape index (κ1) is 20.4. The molecule has 1 spiro atoms. The van der Waals surface area contributed by atoms with Gasteiger partial charge in [0.25, 0.3) is 0 Å². The van der Waals surface area contributed by atoms with Crippen LogP contribution in [0.3, 0.4) is 0 Å². The van der Waals surface area contributed by atoms with E-state index in [1.54, 1.807) is 7.11 Å². The Hall–Kier alpha value is -1.91. The van der Waals surface area contributed by atoms with Crippen molar-refractivity contribution in [2.45, 2.75) is 62.4 Å². The highest BCUT2D eigenvalue weighted by atomic mass is 16.5. The molecule has 2 heterocycles. The molecule has 0 unspecified atom stereocenters. The van der Waals surface area contributed by atoms with Crippen molar-refractivity contribution >= 4 is 0 Å². The van der Waals surface area contributed by atoms with Gasteiger partial charge in [-0.05, 0) is 75.4 Å². The number of benzene rings is 1. The van der Waals surface area contributed by atoms with E-state index in [4.69, 9.17) is 14.5 Å². The molecule has 1 saturated carbocycles. The maximum atomic E-state index is 6.35. The van der Waals surface area contributed by atoms with Gasteiger partial charge in [-0.15, -0.1) is 0 Å². The molecular weight excluding hydrogens is 360 g/mol. The van der Waals surface area contributed by atoms with Gasteiger partial charge in [-0.3, -0.25) is 4.98 Å². The van der Waals surface area contributed by atoms with Gasteiger partial charge in [0.15, 0.2) is 0 Å². The van der Waals surface area contributed by atoms with E-state index in [0.29, 0.717) is 0 Å². The molecule has 2 aromatic rings. The van der Waals surface area contributed by atoms with E-state index in [0.717, 1.165) is 51.1 Å². The first-order valence-electron chi connectivity index (χ1n) is 11.1. The van der Waals surface area contributed by atoms with Gasteiger partial charge in [-0.1, -0.05) is 37.1 Å². The highest BCUT2D eigenvalue weighted by molar-refractivity contribution is 5.33. The summed E-state index contributed by atoms with van der Waals surface area (Å²) in [4.78, 5) is 4.80. The zero-order valence-corrected chi connectivity index (χ0v) is 17.7. The van der Waals surface area contributed by atoms with Gasteiger partial charge in [0.05, 0.1) is 12.7 Å². The van der Waals surface area contributed by atoms with Gasteiger partial charge < -0.3 is 14.8 Å². The van der Waals surface area contributed by atoms with E-state index in [2.05, 4.69) is 29.6 Å². The topological polar surface area (TPSA) is 43.4 Å². The Bertz CT molecular complexity index is 773. The molecule has 1 aliphatic heterocycles. The van der Waals surface area contributed by atoms with Crippen molar-refractivity contribution in [2.75, 3.05) is 26.8 Å². The number of aromatic nitrogens is 1. The molecule has 1 aliphatic carbocycles. The zero-order valence-electron chi connectivity index (χ0n) is 17.7. The van der Waals surface area contributed by atoms with Crippen LogP contribution in [0.4, 0.5) is 0 Å². The number of nitrogens with zero attached hydrogens (tertiary/aromatic N) is 1. The van der Waals surface area contributed by atoms with E-state index in [1.165, 1.54) is 36.9 Å². The van der Waals surface area contributed by atoms with Crippen LogP contribution in [0.5, 0.6) is 5.75 Å². The second-order valence-electron chi connectivity index (χ2n) is 8.72. The number of hydrogen-bond acceptors (Lipinski definition) is 4. The van der Waals surface area contributed by atoms with Crippen LogP contribution in [0.25, 0.3) is 0 Å². The molecule has 2 aliphatic rings. The molecule has 4 nitrogen and oxygen atoms in total. The summed E-state index contributed by atoms with van der Waals surface area (Å²) in [5, 5.41) is 3.68. The lowest BCUT2D eigenvalue weighted by Crippen LogP contribution is -2.47. The second kappa shape index (κ2) is 9.27. The molecule has 156 valence electrons. The van der Waals surface area contributed by atoms with Crippen LogP contribution >= 0.6 is 0 Å². The Morgan fingerprint density at radius 2 is 1.86 bits per heavy atom. The number of methoxy groups -OCH3 is 1. The summed E-state index contributed by atoms with van der Waals surface area (Å²) in [5.74, 6) is 0.979. The van der Waals surface area contributed by atoms with Crippen molar-refractivity contribution in [2.24, 2.45) is 0 Å². The number of ether oxygens (including phenoxy) is 2. The van der Waals surface area contributed by atoms with E-state index in [1.807, 2.05) is 24.4 Å². The maximum Gasteiger partial charge on any atom is 0.122 e. The van der Waals surface area contributed by atoms with Crippen molar-refractivity contribution < 1.29 is 9.47 Å². The zero-order chi connectivity index (χ0) is 20.0. The minimum absolute atomic E-state index is 0.0905. The largest absolute Gasteiger partial charge is 0.496 e. The Morgan fingerprint density at radius 1 is 1.03 bits per heavy atom. The van der Waals surface area contributed by atoms with Crippen molar-refractivity contribution in [3.63, 3.8) is 0 Å². The molecule has 1 aromatic carbocycles. The predicted molar refractivity (Wildman–Crippen MR) is 116 cm³/mol. The molecule has 0 amide bonds. The lowest BCUT2D eigenvalue weighted by Gasteiger charge is -2.46. The van der Waals surface area contributed by atoms with Crippen LogP contribution in [0.2, 0.25) is 0 Å². The molecule has 2 fully saturated rings. The molecule has 0 radical (unpaired) electrons. The summed E-state index contributed by atoms with van der Waals surface area (Å²) in [7, 11) is 1.74. The highest BCUT2D eigenvalue weighted by Crippen LogP contribution is 2.49. The molecule has 1 aromatic heterocycles. The van der Waals surface area contributed by atoms with Gasteiger partial charge in [0.1, 0.15) is 5.75 Å². The molecule has 4 heteroatoms. The summed E-state index contributed by atoms with van der Waals surface area (Å²) < 4.78 is 11.8. The van der Waals surface area contributed by atoms with Gasteiger partial charge in [-0.25, -0.2) is 0 Å². The SMILES string of the molecule is COc1ccccc1CCNCC[C@@]1(c2ccccn2)CCOC2(CCCC2)C1. The molecule has 1 N–H and O–H groups in total. The Morgan fingerprint density at radius 3 is 2.66 bits per heavy atom. The van der Waals surface area contributed by atoms with Crippen LogP contribution in [-0.2, 0) is 16.6 Å². The second-order valence-corrected chi connectivity index (χ2v) is 8.72. The third kappa shape index (κ3) is 4.65. The fourth-order valence-corrected chi connectivity index (χ4v) is 5.38. The van der Waals surface area contributed by atoms with Crippen LogP contribution in [0, 0.1) is 0 Å². The van der Waals surface area contributed by atoms with Crippen molar-refractivity contribution in [1.82, 2.24) is 10.3 Å². The number of hydrogen-bond donors (Lipinski definition) is 1. The van der Waals surface area contributed by atoms with E-state index in [-0.39, 0.29) is 11.0 Å². The molecule has 29 heavy (non-hydrogen) atoms. The van der Waals surface area contributed by atoms with Gasteiger partial charge in [-0.2, -0.15) is 0 Å². The molecular formula is C25H34N2O2. The molecule has 1 atom stereocenters. The van der Waals surface area contributed by atoms with E-state index >= 15 is 0 Å². The Labute approximate surface area is 175 Å². The average Bonchev–Trinajstić information content (AvgIpc) is 3.21. The summed E-state index contributed by atoms with van der Waals surface area (Å²) in [6.07, 6.45) is 11.2. The van der Waals surface area contributed by atoms with Gasteiger partial charge >= 0.3 is 0 Å². The number of nitrogens with one attached hydrogen (secondary N) is 1. The Balaban J connectivity index is 1.39. The normalized spacial score (nSPS) is 23.3. The molecule has 0 bridgehead atoms. The van der Waals surface area contributed by atoms with Crippen molar-refractivity contribution in [3.05, 3.63) is 59.9 Å². The first-order valence-corrected chi connectivity index (χ1v) is 11.1. The predicted octanol–water partition coefficient (Wildman–Crippen LogP) is 4.67. The summed E-state index contributed by atoms with van der Waals surface area (Å²) in [5.41, 5.74) is 2.73. The lowest BCUT2D eigenvalue weighted by atomic mass is 9.68. The van der Waals surface area contributed by atoms with Crippen LogP contribution in [0.1, 0.15) is 56.2 Å². The number of rotatable bonds is 8. The summed E-state index contributed by atoms with van der Waals surface area (Å²) in [6.45, 7) is 2.82. The van der Waals surface area contributed by atoms with Gasteiger partial charge in [0.2, 0.25) is 0 Å². The third-order valence-electron chi connectivity index (χ3n) is 6.92. The number of pyridine rings is 1. The van der Waals surface area contributed by atoms with Crippen LogP contribution in [0.15, 0.2) is 48.7 Å². The minimum atomic E-state index is 0.0905. The third-order valence-corrected chi connectivity index (χ3v) is 6.92. The fraction of sp³-hybridized carbons (Fsp3) is 0.560. The van der Waals surface area contributed by atoms with E-state index < -0.39 is 0 Å². The van der Waals surface area contributed by atoms with Crippen molar-refractivity contribution in [1.29, 1.82) is 0 Å². The van der Waals surface area contributed by atoms with E-state index in [9.17, 15) is 0 Å². The standard InChI is InChI=1S/C25H34N2O2/c1-28-22-9-3-2-8-21(22)11-17-26-18-14-24(23-10-4-7-16-27-23)15-19-29-25(20-24)12-5-6-13-25/h2-4,7-10,16,26H,5-6,11-15,17-20H2,1H3/t24-/m1/s1. The fourth-order valence-electron chi connectivity index (χ4n) is 5.38. The quantitative estimate of drug-likeness (QED) is 0.661. The lowest BCUT2D eigenvalue weighted by molar-refractivity contribution is -0.104. The number of para-hydroxylation sites is 1. The van der Waals surface area contributed by atoms with Gasteiger partial charge in [0, 0.05) is 23.9 Å². The maximum absolute atomic E-state index is 6.35. The smallest absolute Gasteiger partial charge is 0.122 e. The van der Waals surface area contributed by atoms with Crippen LogP contribution in [-0.4, -0.2) is 37.4 Å². The molecule has 1 saturated heterocycles. The molecule has 4 rings (SSSR count). The average molecular weight is 395 g/mol. The minimum Gasteiger partial charge on any atom is -0.496 e. The Kier molecular flexibility index (Phi) is 6.51. The summed E-state index contributed by atoms with van der Waals surface area (Å²) >= 11 is 0. The summed E-state index contributed by atoms with van der Waals surface area (Å²) in [6, 6.07) is 14.7.